The van der Waals surface area contributed by atoms with Gasteiger partial charge in [-0.3, -0.25) is 4.79 Å². The minimum absolute atomic E-state index is 0.104. The standard InChI is InChI=1S/C19H17N3O3S/c23-19(14-21-26(24,25)18-8-2-1-3-9-18)22-20-13-15-10-11-16-6-4-5-7-17(16)12-15/h1-13,21H,14H2,(H,22,23)/b20-13-. The van der Waals surface area contributed by atoms with Gasteiger partial charge in [0.15, 0.2) is 0 Å². The van der Waals surface area contributed by atoms with E-state index in [2.05, 4.69) is 15.2 Å². The molecular formula is C19H17N3O3S. The van der Waals surface area contributed by atoms with Crippen LogP contribution < -0.4 is 10.1 Å². The molecule has 0 spiro atoms. The molecule has 1 amide bonds. The Labute approximate surface area is 151 Å². The van der Waals surface area contributed by atoms with Crippen molar-refractivity contribution in [2.24, 2.45) is 5.10 Å². The fraction of sp³-hybridized carbons (Fsp3) is 0.0526. The zero-order chi connectivity index (χ0) is 18.4. The van der Waals surface area contributed by atoms with Crippen molar-refractivity contribution in [2.75, 3.05) is 6.54 Å². The fourth-order valence-corrected chi connectivity index (χ4v) is 3.35. The Morgan fingerprint density at radius 1 is 0.923 bits per heavy atom. The Kier molecular flexibility index (Phi) is 5.40. The van der Waals surface area contributed by atoms with Crippen molar-refractivity contribution in [3.05, 3.63) is 78.4 Å². The third-order valence-corrected chi connectivity index (χ3v) is 5.07. The van der Waals surface area contributed by atoms with Gasteiger partial charge in [-0.1, -0.05) is 54.6 Å². The van der Waals surface area contributed by atoms with E-state index in [-0.39, 0.29) is 4.90 Å². The lowest BCUT2D eigenvalue weighted by molar-refractivity contribution is -0.119. The van der Waals surface area contributed by atoms with Crippen molar-refractivity contribution in [1.82, 2.24) is 10.1 Å². The van der Waals surface area contributed by atoms with Crippen LogP contribution in [0.2, 0.25) is 0 Å². The van der Waals surface area contributed by atoms with Crippen LogP contribution in [0.25, 0.3) is 10.8 Å². The summed E-state index contributed by atoms with van der Waals surface area (Å²) in [5.41, 5.74) is 3.13. The van der Waals surface area contributed by atoms with Crippen molar-refractivity contribution in [2.45, 2.75) is 4.90 Å². The number of carbonyl (C=O) groups is 1. The van der Waals surface area contributed by atoms with Crippen LogP contribution in [0.5, 0.6) is 0 Å². The van der Waals surface area contributed by atoms with Crippen molar-refractivity contribution < 1.29 is 13.2 Å². The van der Waals surface area contributed by atoms with Gasteiger partial charge < -0.3 is 0 Å². The Morgan fingerprint density at radius 2 is 1.62 bits per heavy atom. The molecule has 6 nitrogen and oxygen atoms in total. The molecule has 0 atom stereocenters. The van der Waals surface area contributed by atoms with Crippen LogP contribution in [-0.4, -0.2) is 27.1 Å². The van der Waals surface area contributed by atoms with Gasteiger partial charge in [0.25, 0.3) is 5.91 Å². The number of fused-ring (bicyclic) bond motifs is 1. The predicted octanol–water partition coefficient (Wildman–Crippen LogP) is 2.27. The zero-order valence-electron chi connectivity index (χ0n) is 13.8. The van der Waals surface area contributed by atoms with Gasteiger partial charge in [0.05, 0.1) is 17.7 Å². The molecule has 2 N–H and O–H groups in total. The number of hydrogen-bond acceptors (Lipinski definition) is 4. The number of hydrogen-bond donors (Lipinski definition) is 2. The summed E-state index contributed by atoms with van der Waals surface area (Å²) in [6.45, 7) is -0.397. The van der Waals surface area contributed by atoms with E-state index >= 15 is 0 Å². The number of hydrazone groups is 1. The number of rotatable bonds is 6. The van der Waals surface area contributed by atoms with Crippen LogP contribution in [0.1, 0.15) is 5.56 Å². The summed E-state index contributed by atoms with van der Waals surface area (Å²) in [6.07, 6.45) is 1.51. The first-order valence-corrected chi connectivity index (χ1v) is 9.38. The Bertz CT molecular complexity index is 1050. The van der Waals surface area contributed by atoms with Gasteiger partial charge >= 0.3 is 0 Å². The van der Waals surface area contributed by atoms with E-state index in [0.717, 1.165) is 16.3 Å². The number of benzene rings is 3. The van der Waals surface area contributed by atoms with Crippen LogP contribution >= 0.6 is 0 Å². The third-order valence-electron chi connectivity index (χ3n) is 3.65. The minimum atomic E-state index is -3.72. The molecule has 0 saturated heterocycles. The molecule has 3 aromatic carbocycles. The molecule has 0 unspecified atom stereocenters. The number of sulfonamides is 1. The van der Waals surface area contributed by atoms with Gasteiger partial charge in [0.1, 0.15) is 0 Å². The molecule has 0 radical (unpaired) electrons. The molecular weight excluding hydrogens is 350 g/mol. The molecule has 26 heavy (non-hydrogen) atoms. The van der Waals surface area contributed by atoms with Crippen molar-refractivity contribution in [3.8, 4) is 0 Å². The summed E-state index contributed by atoms with van der Waals surface area (Å²) in [7, 11) is -3.72. The highest BCUT2D eigenvalue weighted by Crippen LogP contribution is 2.14. The van der Waals surface area contributed by atoms with Crippen LogP contribution in [0.15, 0.2) is 82.8 Å². The van der Waals surface area contributed by atoms with Crippen molar-refractivity contribution >= 4 is 32.9 Å². The molecule has 0 heterocycles. The second-order valence-electron chi connectivity index (χ2n) is 5.54. The smallest absolute Gasteiger partial charge is 0.255 e. The lowest BCUT2D eigenvalue weighted by Crippen LogP contribution is -2.34. The molecule has 0 aliphatic rings. The highest BCUT2D eigenvalue weighted by atomic mass is 32.2. The summed E-state index contributed by atoms with van der Waals surface area (Å²) in [4.78, 5) is 11.9. The first-order valence-electron chi connectivity index (χ1n) is 7.90. The van der Waals surface area contributed by atoms with E-state index in [1.54, 1.807) is 18.2 Å². The van der Waals surface area contributed by atoms with E-state index in [9.17, 15) is 13.2 Å². The Morgan fingerprint density at radius 3 is 2.38 bits per heavy atom. The van der Waals surface area contributed by atoms with Gasteiger partial charge in [-0.05, 0) is 34.5 Å². The highest BCUT2D eigenvalue weighted by Gasteiger charge is 2.14. The summed E-state index contributed by atoms with van der Waals surface area (Å²) < 4.78 is 26.3. The summed E-state index contributed by atoms with van der Waals surface area (Å²) in [6, 6.07) is 21.6. The maximum absolute atomic E-state index is 12.0. The molecule has 0 saturated carbocycles. The van der Waals surface area contributed by atoms with Crippen LogP contribution in [0, 0.1) is 0 Å². The average molecular weight is 367 g/mol. The van der Waals surface area contributed by atoms with Gasteiger partial charge in [-0.2, -0.15) is 5.10 Å². The molecule has 7 heteroatoms. The lowest BCUT2D eigenvalue weighted by atomic mass is 10.1. The highest BCUT2D eigenvalue weighted by molar-refractivity contribution is 7.89. The first-order chi connectivity index (χ1) is 12.5. The first kappa shape index (κ1) is 17.8. The van der Waals surface area contributed by atoms with Crippen molar-refractivity contribution in [3.63, 3.8) is 0 Å². The second kappa shape index (κ2) is 7.90. The number of nitrogens with zero attached hydrogens (tertiary/aromatic N) is 1. The van der Waals surface area contributed by atoms with E-state index < -0.39 is 22.5 Å². The maximum atomic E-state index is 12.0. The molecule has 0 aliphatic heterocycles. The minimum Gasteiger partial charge on any atom is -0.272 e. The van der Waals surface area contributed by atoms with Crippen LogP contribution in [0.3, 0.4) is 0 Å². The molecule has 0 bridgehead atoms. The normalized spacial score (nSPS) is 11.7. The Balaban J connectivity index is 1.55. The molecule has 132 valence electrons. The van der Waals surface area contributed by atoms with Crippen molar-refractivity contribution in [1.29, 1.82) is 0 Å². The molecule has 0 aliphatic carbocycles. The van der Waals surface area contributed by atoms with E-state index in [1.165, 1.54) is 18.3 Å². The lowest BCUT2D eigenvalue weighted by Gasteiger charge is -2.05. The fourth-order valence-electron chi connectivity index (χ4n) is 2.35. The summed E-state index contributed by atoms with van der Waals surface area (Å²) in [5, 5.41) is 6.05. The number of carbonyl (C=O) groups excluding carboxylic acids is 1. The zero-order valence-corrected chi connectivity index (χ0v) is 14.6. The number of amides is 1. The predicted molar refractivity (Wildman–Crippen MR) is 101 cm³/mol. The monoisotopic (exact) mass is 367 g/mol. The molecule has 0 fully saturated rings. The molecule has 3 rings (SSSR count). The van der Waals surface area contributed by atoms with Gasteiger partial charge in [-0.15, -0.1) is 0 Å². The van der Waals surface area contributed by atoms with E-state index in [0.29, 0.717) is 0 Å². The van der Waals surface area contributed by atoms with E-state index in [1.807, 2.05) is 42.5 Å². The summed E-state index contributed by atoms with van der Waals surface area (Å²) >= 11 is 0. The molecule has 0 aromatic heterocycles. The van der Waals surface area contributed by atoms with E-state index in [4.69, 9.17) is 0 Å². The third kappa shape index (κ3) is 4.53. The molecule has 3 aromatic rings. The van der Waals surface area contributed by atoms with Crippen LogP contribution in [-0.2, 0) is 14.8 Å². The topological polar surface area (TPSA) is 87.6 Å². The maximum Gasteiger partial charge on any atom is 0.255 e. The number of nitrogens with one attached hydrogen (secondary N) is 2. The van der Waals surface area contributed by atoms with Gasteiger partial charge in [0, 0.05) is 0 Å². The van der Waals surface area contributed by atoms with Crippen LogP contribution in [0.4, 0.5) is 0 Å². The van der Waals surface area contributed by atoms with Gasteiger partial charge in [0.2, 0.25) is 10.0 Å². The quantitative estimate of drug-likeness (QED) is 0.517. The largest absolute Gasteiger partial charge is 0.272 e. The van der Waals surface area contributed by atoms with Gasteiger partial charge in [-0.25, -0.2) is 18.6 Å². The average Bonchev–Trinajstić information content (AvgIpc) is 2.67. The second-order valence-corrected chi connectivity index (χ2v) is 7.30. The summed E-state index contributed by atoms with van der Waals surface area (Å²) in [5.74, 6) is -0.554. The SMILES string of the molecule is O=C(CNS(=O)(=O)c1ccccc1)N/N=C\c1ccc2ccccc2c1. The Hall–Kier alpha value is -3.03.